The number of amides is 1. The van der Waals surface area contributed by atoms with Gasteiger partial charge in [0.25, 0.3) is 5.91 Å². The predicted molar refractivity (Wildman–Crippen MR) is 63.6 cm³/mol. The van der Waals surface area contributed by atoms with Crippen LogP contribution < -0.4 is 5.32 Å². The number of hydrogen-bond acceptors (Lipinski definition) is 5. The third kappa shape index (κ3) is 4.67. The Morgan fingerprint density at radius 1 is 1.44 bits per heavy atom. The second-order valence-corrected chi connectivity index (χ2v) is 5.37. The smallest absolute Gasteiger partial charge is 0.252 e. The summed E-state index contributed by atoms with van der Waals surface area (Å²) >= 11 is 1.38. The van der Waals surface area contributed by atoms with Crippen molar-refractivity contribution in [2.75, 3.05) is 11.9 Å². The summed E-state index contributed by atoms with van der Waals surface area (Å²) in [4.78, 5) is 11.5. The van der Waals surface area contributed by atoms with Crippen molar-refractivity contribution >= 4 is 22.4 Å². The molecule has 1 amide bonds. The SMILES string of the molecule is CCc1nnc(NC(=O)COC(C)(C)C)s1. The molecule has 0 saturated carbocycles. The summed E-state index contributed by atoms with van der Waals surface area (Å²) in [5.74, 6) is -0.200. The molecule has 1 aromatic heterocycles. The molecule has 0 fully saturated rings. The van der Waals surface area contributed by atoms with E-state index < -0.39 is 0 Å². The fraction of sp³-hybridized carbons (Fsp3) is 0.700. The van der Waals surface area contributed by atoms with Gasteiger partial charge in [0.1, 0.15) is 11.6 Å². The third-order valence-corrected chi connectivity index (χ3v) is 2.63. The highest BCUT2D eigenvalue weighted by molar-refractivity contribution is 7.15. The van der Waals surface area contributed by atoms with E-state index in [4.69, 9.17) is 4.74 Å². The predicted octanol–water partition coefficient (Wildman–Crippen LogP) is 1.85. The van der Waals surface area contributed by atoms with E-state index in [1.165, 1.54) is 11.3 Å². The quantitative estimate of drug-likeness (QED) is 0.876. The van der Waals surface area contributed by atoms with Crippen LogP contribution in [0, 0.1) is 0 Å². The monoisotopic (exact) mass is 243 g/mol. The first-order valence-corrected chi connectivity index (χ1v) is 5.98. The van der Waals surface area contributed by atoms with E-state index in [1.807, 2.05) is 27.7 Å². The zero-order valence-electron chi connectivity index (χ0n) is 10.0. The lowest BCUT2D eigenvalue weighted by Crippen LogP contribution is -2.27. The molecule has 0 aromatic carbocycles. The molecule has 16 heavy (non-hydrogen) atoms. The number of nitrogens with zero attached hydrogens (tertiary/aromatic N) is 2. The average Bonchev–Trinajstić information content (AvgIpc) is 2.61. The molecule has 90 valence electrons. The number of carbonyl (C=O) groups is 1. The van der Waals surface area contributed by atoms with E-state index in [9.17, 15) is 4.79 Å². The number of nitrogens with one attached hydrogen (secondary N) is 1. The summed E-state index contributed by atoms with van der Waals surface area (Å²) in [7, 11) is 0. The van der Waals surface area contributed by atoms with Crippen LogP contribution in [-0.4, -0.2) is 28.3 Å². The highest BCUT2D eigenvalue weighted by atomic mass is 32.1. The number of hydrogen-bond donors (Lipinski definition) is 1. The number of anilines is 1. The first-order chi connectivity index (χ1) is 7.40. The van der Waals surface area contributed by atoms with Crippen molar-refractivity contribution in [2.45, 2.75) is 39.7 Å². The zero-order chi connectivity index (χ0) is 12.2. The molecule has 1 heterocycles. The maximum absolute atomic E-state index is 11.5. The minimum Gasteiger partial charge on any atom is -0.366 e. The van der Waals surface area contributed by atoms with Crippen LogP contribution in [0.5, 0.6) is 0 Å². The minimum atomic E-state index is -0.312. The van der Waals surface area contributed by atoms with Gasteiger partial charge in [-0.3, -0.25) is 10.1 Å². The molecule has 0 aliphatic heterocycles. The van der Waals surface area contributed by atoms with Crippen LogP contribution in [-0.2, 0) is 16.0 Å². The van der Waals surface area contributed by atoms with Gasteiger partial charge < -0.3 is 4.74 Å². The first kappa shape index (κ1) is 13.1. The van der Waals surface area contributed by atoms with Crippen molar-refractivity contribution in [3.8, 4) is 0 Å². The molecule has 0 aliphatic rings. The zero-order valence-corrected chi connectivity index (χ0v) is 10.8. The molecule has 0 bridgehead atoms. The van der Waals surface area contributed by atoms with Gasteiger partial charge in [-0.15, -0.1) is 10.2 Å². The molecule has 1 N–H and O–H groups in total. The van der Waals surface area contributed by atoms with Crippen LogP contribution in [0.2, 0.25) is 0 Å². The summed E-state index contributed by atoms with van der Waals surface area (Å²) in [6.45, 7) is 7.74. The van der Waals surface area contributed by atoms with E-state index >= 15 is 0 Å². The van der Waals surface area contributed by atoms with E-state index in [1.54, 1.807) is 0 Å². The van der Waals surface area contributed by atoms with Crippen molar-refractivity contribution < 1.29 is 9.53 Å². The van der Waals surface area contributed by atoms with Crippen LogP contribution in [0.4, 0.5) is 5.13 Å². The van der Waals surface area contributed by atoms with E-state index in [2.05, 4.69) is 15.5 Å². The summed E-state index contributed by atoms with van der Waals surface area (Å²) in [6, 6.07) is 0. The van der Waals surface area contributed by atoms with Crippen LogP contribution in [0.25, 0.3) is 0 Å². The standard InChI is InChI=1S/C10H17N3O2S/c1-5-8-12-13-9(16-8)11-7(14)6-15-10(2,3)4/h5-6H2,1-4H3,(H,11,13,14). The third-order valence-electron chi connectivity index (χ3n) is 1.65. The lowest BCUT2D eigenvalue weighted by Gasteiger charge is -2.18. The van der Waals surface area contributed by atoms with Gasteiger partial charge in [0, 0.05) is 0 Å². The summed E-state index contributed by atoms with van der Waals surface area (Å²) in [5.41, 5.74) is -0.312. The van der Waals surface area contributed by atoms with Crippen molar-refractivity contribution in [3.63, 3.8) is 0 Å². The molecular formula is C10H17N3O2S. The number of ether oxygens (including phenoxy) is 1. The molecule has 5 nitrogen and oxygen atoms in total. The largest absolute Gasteiger partial charge is 0.366 e. The van der Waals surface area contributed by atoms with Crippen LogP contribution in [0.3, 0.4) is 0 Å². The Hall–Kier alpha value is -1.01. The van der Waals surface area contributed by atoms with Crippen LogP contribution >= 0.6 is 11.3 Å². The first-order valence-electron chi connectivity index (χ1n) is 5.17. The molecule has 1 aromatic rings. The Morgan fingerprint density at radius 3 is 2.62 bits per heavy atom. The minimum absolute atomic E-state index is 0.0323. The second kappa shape index (κ2) is 5.36. The summed E-state index contributed by atoms with van der Waals surface area (Å²) in [5, 5.41) is 11.8. The molecule has 0 unspecified atom stereocenters. The van der Waals surface area contributed by atoms with E-state index in [0.29, 0.717) is 5.13 Å². The van der Waals surface area contributed by atoms with Gasteiger partial charge in [-0.05, 0) is 27.2 Å². The summed E-state index contributed by atoms with van der Waals surface area (Å²) in [6.07, 6.45) is 0.825. The molecule has 0 aliphatic carbocycles. The maximum atomic E-state index is 11.5. The molecular weight excluding hydrogens is 226 g/mol. The molecule has 0 saturated heterocycles. The Morgan fingerprint density at radius 2 is 2.12 bits per heavy atom. The van der Waals surface area contributed by atoms with Gasteiger partial charge in [-0.1, -0.05) is 18.3 Å². The van der Waals surface area contributed by atoms with Crippen molar-refractivity contribution in [1.82, 2.24) is 10.2 Å². The molecule has 1 rings (SSSR count). The van der Waals surface area contributed by atoms with Crippen LogP contribution in [0.1, 0.15) is 32.7 Å². The van der Waals surface area contributed by atoms with Crippen molar-refractivity contribution in [1.29, 1.82) is 0 Å². The van der Waals surface area contributed by atoms with Crippen molar-refractivity contribution in [3.05, 3.63) is 5.01 Å². The maximum Gasteiger partial charge on any atom is 0.252 e. The highest BCUT2D eigenvalue weighted by Gasteiger charge is 2.14. The Kier molecular flexibility index (Phi) is 4.37. The van der Waals surface area contributed by atoms with Gasteiger partial charge in [0.15, 0.2) is 0 Å². The number of rotatable bonds is 4. The number of carbonyl (C=O) groups excluding carboxylic acids is 1. The average molecular weight is 243 g/mol. The second-order valence-electron chi connectivity index (χ2n) is 4.30. The van der Waals surface area contributed by atoms with Gasteiger partial charge in [-0.2, -0.15) is 0 Å². The number of aromatic nitrogens is 2. The van der Waals surface area contributed by atoms with Gasteiger partial charge in [0.05, 0.1) is 5.60 Å². The fourth-order valence-corrected chi connectivity index (χ4v) is 1.58. The van der Waals surface area contributed by atoms with E-state index in [-0.39, 0.29) is 18.1 Å². The Balaban J connectivity index is 2.40. The normalized spacial score (nSPS) is 11.5. The summed E-state index contributed by atoms with van der Waals surface area (Å²) < 4.78 is 5.34. The molecule has 6 heteroatoms. The fourth-order valence-electron chi connectivity index (χ4n) is 0.884. The van der Waals surface area contributed by atoms with Crippen LogP contribution in [0.15, 0.2) is 0 Å². The Labute approximate surface area is 99.2 Å². The number of aryl methyl sites for hydroxylation is 1. The van der Waals surface area contributed by atoms with Gasteiger partial charge in [-0.25, -0.2) is 0 Å². The molecule has 0 atom stereocenters. The van der Waals surface area contributed by atoms with Gasteiger partial charge in [0.2, 0.25) is 5.13 Å². The highest BCUT2D eigenvalue weighted by Crippen LogP contribution is 2.15. The van der Waals surface area contributed by atoms with Crippen molar-refractivity contribution in [2.24, 2.45) is 0 Å². The van der Waals surface area contributed by atoms with Gasteiger partial charge >= 0.3 is 0 Å². The molecule has 0 spiro atoms. The molecule has 0 radical (unpaired) electrons. The van der Waals surface area contributed by atoms with E-state index in [0.717, 1.165) is 11.4 Å². The Bertz CT molecular complexity index is 357. The lowest BCUT2D eigenvalue weighted by atomic mass is 10.2. The topological polar surface area (TPSA) is 64.1 Å². The lowest BCUT2D eigenvalue weighted by molar-refractivity contribution is -0.125.